The van der Waals surface area contributed by atoms with Crippen molar-refractivity contribution in [3.8, 4) is 0 Å². The molecule has 2 rings (SSSR count). The van der Waals surface area contributed by atoms with Gasteiger partial charge in [0.15, 0.2) is 0 Å². The summed E-state index contributed by atoms with van der Waals surface area (Å²) in [7, 11) is 0. The number of hydrogen-bond acceptors (Lipinski definition) is 2. The minimum atomic E-state index is 0.0438. The van der Waals surface area contributed by atoms with E-state index in [1.165, 1.54) is 25.7 Å². The molecule has 0 heterocycles. The summed E-state index contributed by atoms with van der Waals surface area (Å²) in [5.41, 5.74) is 7.35. The van der Waals surface area contributed by atoms with Crippen LogP contribution in [0.2, 0.25) is 0 Å². The predicted molar refractivity (Wildman–Crippen MR) is 77.8 cm³/mol. The number of nitrogens with one attached hydrogen (secondary N) is 1. The zero-order valence-electron chi connectivity index (χ0n) is 11.7. The maximum absolute atomic E-state index is 12.2. The quantitative estimate of drug-likeness (QED) is 0.821. The first-order valence-electron chi connectivity index (χ1n) is 7.30. The lowest BCUT2D eigenvalue weighted by Gasteiger charge is -2.22. The highest BCUT2D eigenvalue weighted by Crippen LogP contribution is 2.23. The fourth-order valence-electron chi connectivity index (χ4n) is 2.75. The van der Waals surface area contributed by atoms with Crippen molar-refractivity contribution >= 4 is 5.91 Å². The smallest absolute Gasteiger partial charge is 0.251 e. The molecule has 1 aromatic rings. The van der Waals surface area contributed by atoms with Gasteiger partial charge in [-0.1, -0.05) is 38.3 Å². The Kier molecular flexibility index (Phi) is 4.97. The Labute approximate surface area is 115 Å². The molecule has 0 saturated heterocycles. The van der Waals surface area contributed by atoms with Gasteiger partial charge in [0.05, 0.1) is 0 Å². The molecule has 3 heteroatoms. The van der Waals surface area contributed by atoms with Gasteiger partial charge in [0, 0.05) is 18.2 Å². The summed E-state index contributed by atoms with van der Waals surface area (Å²) in [5, 5.41) is 3.19. The summed E-state index contributed by atoms with van der Waals surface area (Å²) in [5.74, 6) is 0.622. The lowest BCUT2D eigenvalue weighted by atomic mass is 9.96. The zero-order chi connectivity index (χ0) is 13.7. The fraction of sp³-hybridized carbons (Fsp3) is 0.562. The van der Waals surface area contributed by atoms with Crippen LogP contribution >= 0.6 is 0 Å². The molecule has 0 aliphatic heterocycles. The third kappa shape index (κ3) is 3.80. The highest BCUT2D eigenvalue weighted by Gasteiger charge is 2.21. The maximum Gasteiger partial charge on any atom is 0.251 e. The molecule has 1 aliphatic carbocycles. The summed E-state index contributed by atoms with van der Waals surface area (Å²) in [6.45, 7) is 2.76. The number of hydrogen-bond donors (Lipinski definition) is 2. The van der Waals surface area contributed by atoms with E-state index in [-0.39, 0.29) is 5.91 Å². The van der Waals surface area contributed by atoms with Crippen molar-refractivity contribution in [1.82, 2.24) is 5.32 Å². The van der Waals surface area contributed by atoms with Gasteiger partial charge in [-0.15, -0.1) is 0 Å². The number of carbonyl (C=O) groups is 1. The predicted octanol–water partition coefficient (Wildman–Crippen LogP) is 2.84. The van der Waals surface area contributed by atoms with Crippen molar-refractivity contribution in [3.05, 3.63) is 35.4 Å². The van der Waals surface area contributed by atoms with Crippen LogP contribution in [0.25, 0.3) is 0 Å². The number of amides is 1. The van der Waals surface area contributed by atoms with Crippen molar-refractivity contribution in [2.75, 3.05) is 0 Å². The number of benzene rings is 1. The van der Waals surface area contributed by atoms with Crippen molar-refractivity contribution in [2.24, 2.45) is 11.7 Å². The largest absolute Gasteiger partial charge is 0.349 e. The molecule has 2 atom stereocenters. The van der Waals surface area contributed by atoms with Gasteiger partial charge in [-0.3, -0.25) is 4.79 Å². The van der Waals surface area contributed by atoms with Crippen molar-refractivity contribution in [2.45, 2.75) is 51.6 Å². The van der Waals surface area contributed by atoms with Gasteiger partial charge in [0.2, 0.25) is 0 Å². The average Bonchev–Trinajstić information content (AvgIpc) is 2.64. The van der Waals surface area contributed by atoms with Gasteiger partial charge >= 0.3 is 0 Å². The summed E-state index contributed by atoms with van der Waals surface area (Å²) in [6, 6.07) is 7.89. The van der Waals surface area contributed by atoms with Crippen molar-refractivity contribution < 1.29 is 4.79 Å². The van der Waals surface area contributed by atoms with Crippen LogP contribution in [0.1, 0.15) is 54.9 Å². The Morgan fingerprint density at radius 3 is 2.58 bits per heavy atom. The lowest BCUT2D eigenvalue weighted by molar-refractivity contribution is 0.0921. The van der Waals surface area contributed by atoms with Crippen LogP contribution in [-0.2, 0) is 6.54 Å². The van der Waals surface area contributed by atoms with E-state index in [0.717, 1.165) is 17.5 Å². The zero-order valence-corrected chi connectivity index (χ0v) is 11.7. The third-order valence-electron chi connectivity index (χ3n) is 4.13. The standard InChI is InChI=1S/C16H24N2O/c1-12-5-3-2-4-6-15(12)18-16(19)14-9-7-13(11-17)8-10-14/h7-10,12,15H,2-6,11,17H2,1H3,(H,18,19). The molecule has 3 nitrogen and oxygen atoms in total. The lowest BCUT2D eigenvalue weighted by Crippen LogP contribution is -2.38. The van der Waals surface area contributed by atoms with E-state index in [2.05, 4.69) is 12.2 Å². The molecular weight excluding hydrogens is 236 g/mol. The second kappa shape index (κ2) is 6.71. The molecule has 1 fully saturated rings. The first kappa shape index (κ1) is 14.1. The van der Waals surface area contributed by atoms with Crippen LogP contribution in [0.5, 0.6) is 0 Å². The normalized spacial score (nSPS) is 23.7. The molecule has 2 unspecified atom stereocenters. The Hall–Kier alpha value is -1.35. The van der Waals surface area contributed by atoms with Gasteiger partial charge in [0.25, 0.3) is 5.91 Å². The van der Waals surface area contributed by atoms with Gasteiger partial charge in [-0.25, -0.2) is 0 Å². The molecule has 1 saturated carbocycles. The Bertz CT molecular complexity index is 413. The Balaban J connectivity index is 1.98. The molecule has 1 aliphatic rings. The van der Waals surface area contributed by atoms with Crippen LogP contribution in [0.4, 0.5) is 0 Å². The summed E-state index contributed by atoms with van der Waals surface area (Å²) in [6.07, 6.45) is 6.13. The minimum absolute atomic E-state index is 0.0438. The summed E-state index contributed by atoms with van der Waals surface area (Å²) >= 11 is 0. The first-order chi connectivity index (χ1) is 9.20. The van der Waals surface area contributed by atoms with Crippen LogP contribution < -0.4 is 11.1 Å². The minimum Gasteiger partial charge on any atom is -0.349 e. The topological polar surface area (TPSA) is 55.1 Å². The van der Waals surface area contributed by atoms with E-state index in [0.29, 0.717) is 18.5 Å². The van der Waals surface area contributed by atoms with E-state index >= 15 is 0 Å². The summed E-state index contributed by atoms with van der Waals surface area (Å²) < 4.78 is 0. The highest BCUT2D eigenvalue weighted by molar-refractivity contribution is 5.94. The molecule has 3 N–H and O–H groups in total. The number of nitrogens with two attached hydrogens (primary N) is 1. The van der Waals surface area contributed by atoms with Crippen molar-refractivity contribution in [1.29, 1.82) is 0 Å². The molecule has 1 amide bonds. The van der Waals surface area contributed by atoms with E-state index in [1.807, 2.05) is 24.3 Å². The molecule has 0 radical (unpaired) electrons. The van der Waals surface area contributed by atoms with E-state index in [4.69, 9.17) is 5.73 Å². The fourth-order valence-corrected chi connectivity index (χ4v) is 2.75. The van der Waals surface area contributed by atoms with E-state index in [9.17, 15) is 4.79 Å². The maximum atomic E-state index is 12.2. The molecule has 104 valence electrons. The van der Waals surface area contributed by atoms with E-state index < -0.39 is 0 Å². The molecule has 19 heavy (non-hydrogen) atoms. The van der Waals surface area contributed by atoms with Crippen molar-refractivity contribution in [3.63, 3.8) is 0 Å². The molecule has 0 aromatic heterocycles. The van der Waals surface area contributed by atoms with Gasteiger partial charge in [0.1, 0.15) is 0 Å². The van der Waals surface area contributed by atoms with Crippen LogP contribution in [0, 0.1) is 5.92 Å². The molecular formula is C16H24N2O. The molecule has 0 spiro atoms. The second-order valence-electron chi connectivity index (χ2n) is 5.60. The highest BCUT2D eigenvalue weighted by atomic mass is 16.1. The number of rotatable bonds is 3. The monoisotopic (exact) mass is 260 g/mol. The molecule has 1 aromatic carbocycles. The number of carbonyl (C=O) groups excluding carboxylic acids is 1. The average molecular weight is 260 g/mol. The summed E-state index contributed by atoms with van der Waals surface area (Å²) in [4.78, 5) is 12.2. The van der Waals surface area contributed by atoms with Gasteiger partial charge in [-0.05, 0) is 36.5 Å². The first-order valence-corrected chi connectivity index (χ1v) is 7.30. The van der Waals surface area contributed by atoms with Gasteiger partial charge in [-0.2, -0.15) is 0 Å². The van der Waals surface area contributed by atoms with Gasteiger partial charge < -0.3 is 11.1 Å². The van der Waals surface area contributed by atoms with E-state index in [1.54, 1.807) is 0 Å². The van der Waals surface area contributed by atoms with Crippen LogP contribution in [-0.4, -0.2) is 11.9 Å². The van der Waals surface area contributed by atoms with Crippen LogP contribution in [0.3, 0.4) is 0 Å². The third-order valence-corrected chi connectivity index (χ3v) is 4.13. The van der Waals surface area contributed by atoms with Crippen LogP contribution in [0.15, 0.2) is 24.3 Å². The Morgan fingerprint density at radius 2 is 1.89 bits per heavy atom. The SMILES string of the molecule is CC1CCCCCC1NC(=O)c1ccc(CN)cc1. The molecule has 0 bridgehead atoms. The second-order valence-corrected chi connectivity index (χ2v) is 5.60. The Morgan fingerprint density at radius 1 is 1.21 bits per heavy atom.